The van der Waals surface area contributed by atoms with Crippen molar-refractivity contribution in [1.29, 1.82) is 0 Å². The van der Waals surface area contributed by atoms with Crippen LogP contribution in [-0.4, -0.2) is 22.9 Å². The van der Waals surface area contributed by atoms with Crippen molar-refractivity contribution in [3.05, 3.63) is 18.0 Å². The van der Waals surface area contributed by atoms with Crippen LogP contribution >= 0.6 is 0 Å². The topological polar surface area (TPSA) is 29.9 Å². The molecule has 0 aromatic carbocycles. The minimum absolute atomic E-state index is 0.283. The van der Waals surface area contributed by atoms with E-state index in [0.717, 1.165) is 19.5 Å². The van der Waals surface area contributed by atoms with Gasteiger partial charge in [-0.25, -0.2) is 0 Å². The molecule has 1 unspecified atom stereocenters. The molecule has 3 heteroatoms. The van der Waals surface area contributed by atoms with E-state index in [2.05, 4.69) is 50.0 Å². The van der Waals surface area contributed by atoms with Gasteiger partial charge in [-0.15, -0.1) is 0 Å². The van der Waals surface area contributed by atoms with Crippen LogP contribution in [0.4, 0.5) is 0 Å². The van der Waals surface area contributed by atoms with Crippen LogP contribution in [0, 0.1) is 11.3 Å². The molecule has 1 aromatic heterocycles. The molecule has 1 aromatic rings. The summed E-state index contributed by atoms with van der Waals surface area (Å²) in [6.07, 6.45) is 8.60. The van der Waals surface area contributed by atoms with Crippen molar-refractivity contribution < 1.29 is 0 Å². The summed E-state index contributed by atoms with van der Waals surface area (Å²) in [5, 5.41) is 8.37. The Morgan fingerprint density at radius 2 is 2.10 bits per heavy atom. The summed E-state index contributed by atoms with van der Waals surface area (Å²) in [6, 6.07) is 2.88. The maximum atomic E-state index is 4.86. The number of hydrogen-bond acceptors (Lipinski definition) is 2. The van der Waals surface area contributed by atoms with Gasteiger partial charge in [-0.1, -0.05) is 40.5 Å². The molecule has 1 aliphatic carbocycles. The van der Waals surface area contributed by atoms with E-state index >= 15 is 0 Å². The fourth-order valence-electron chi connectivity index (χ4n) is 3.14. The Hall–Kier alpha value is -0.830. The van der Waals surface area contributed by atoms with Crippen LogP contribution < -0.4 is 5.32 Å². The molecule has 0 radical (unpaired) electrons. The number of nitrogens with one attached hydrogen (secondary N) is 1. The fraction of sp³-hybridized carbons (Fsp3) is 0.824. The van der Waals surface area contributed by atoms with Crippen LogP contribution in [0.5, 0.6) is 0 Å². The van der Waals surface area contributed by atoms with Crippen molar-refractivity contribution in [2.75, 3.05) is 13.1 Å². The molecule has 2 rings (SSSR count). The lowest BCUT2D eigenvalue weighted by Crippen LogP contribution is -2.38. The predicted octanol–water partition coefficient (Wildman–Crippen LogP) is 3.81. The summed E-state index contributed by atoms with van der Waals surface area (Å²) in [6.45, 7) is 11.3. The molecule has 1 atom stereocenters. The summed E-state index contributed by atoms with van der Waals surface area (Å²) in [5.41, 5.74) is 1.54. The second-order valence-corrected chi connectivity index (χ2v) is 6.99. The average molecular weight is 277 g/mol. The van der Waals surface area contributed by atoms with Crippen LogP contribution in [-0.2, 0) is 6.42 Å². The molecular formula is C17H31N3. The van der Waals surface area contributed by atoms with E-state index in [1.165, 1.54) is 31.4 Å². The molecule has 114 valence electrons. The zero-order valence-corrected chi connectivity index (χ0v) is 13.7. The van der Waals surface area contributed by atoms with Gasteiger partial charge in [-0.2, -0.15) is 5.10 Å². The first-order valence-electron chi connectivity index (χ1n) is 8.30. The lowest BCUT2D eigenvalue weighted by molar-refractivity contribution is 0.206. The van der Waals surface area contributed by atoms with Gasteiger partial charge in [0.15, 0.2) is 0 Å². The highest BCUT2D eigenvalue weighted by Gasteiger charge is 2.29. The van der Waals surface area contributed by atoms with E-state index in [9.17, 15) is 0 Å². The molecule has 0 aliphatic heterocycles. The largest absolute Gasteiger partial charge is 0.316 e. The molecule has 1 heterocycles. The molecule has 1 fully saturated rings. The number of rotatable bonds is 7. The fourth-order valence-corrected chi connectivity index (χ4v) is 3.14. The van der Waals surface area contributed by atoms with Gasteiger partial charge in [-0.3, -0.25) is 4.68 Å². The second kappa shape index (κ2) is 6.75. The summed E-state index contributed by atoms with van der Waals surface area (Å²) < 4.78 is 2.22. The first kappa shape index (κ1) is 15.6. The highest BCUT2D eigenvalue weighted by atomic mass is 15.3. The van der Waals surface area contributed by atoms with Gasteiger partial charge in [-0.05, 0) is 43.2 Å². The standard InChI is InChI=1S/C17H31N3/c1-5-18-13-17(4,14(2)3)12-15-10-11-20(19-15)16-8-6-7-9-16/h10-11,14,16,18H,5-9,12-13H2,1-4H3. The molecule has 1 aliphatic rings. The smallest absolute Gasteiger partial charge is 0.0630 e. The van der Waals surface area contributed by atoms with E-state index in [4.69, 9.17) is 5.10 Å². The SMILES string of the molecule is CCNCC(C)(Cc1ccn(C2CCCC2)n1)C(C)C. The quantitative estimate of drug-likeness (QED) is 0.821. The molecule has 0 amide bonds. The Morgan fingerprint density at radius 1 is 1.40 bits per heavy atom. The monoisotopic (exact) mass is 277 g/mol. The zero-order valence-electron chi connectivity index (χ0n) is 13.7. The Morgan fingerprint density at radius 3 is 2.70 bits per heavy atom. The van der Waals surface area contributed by atoms with Gasteiger partial charge in [0, 0.05) is 12.7 Å². The van der Waals surface area contributed by atoms with Crippen LogP contribution in [0.25, 0.3) is 0 Å². The van der Waals surface area contributed by atoms with Gasteiger partial charge < -0.3 is 5.32 Å². The molecule has 0 spiro atoms. The third-order valence-electron chi connectivity index (χ3n) is 5.12. The van der Waals surface area contributed by atoms with E-state index in [0.29, 0.717) is 12.0 Å². The highest BCUT2D eigenvalue weighted by molar-refractivity contribution is 5.05. The van der Waals surface area contributed by atoms with Crippen molar-refractivity contribution in [1.82, 2.24) is 15.1 Å². The molecule has 0 bridgehead atoms. The van der Waals surface area contributed by atoms with Crippen molar-refractivity contribution >= 4 is 0 Å². The minimum atomic E-state index is 0.283. The Balaban J connectivity index is 2.02. The van der Waals surface area contributed by atoms with Crippen LogP contribution in [0.2, 0.25) is 0 Å². The molecule has 20 heavy (non-hydrogen) atoms. The lowest BCUT2D eigenvalue weighted by Gasteiger charge is -2.33. The first-order valence-corrected chi connectivity index (χ1v) is 8.30. The Kier molecular flexibility index (Phi) is 5.25. The lowest BCUT2D eigenvalue weighted by atomic mass is 9.75. The molecular weight excluding hydrogens is 246 g/mol. The zero-order chi connectivity index (χ0) is 14.6. The summed E-state index contributed by atoms with van der Waals surface area (Å²) >= 11 is 0. The second-order valence-electron chi connectivity index (χ2n) is 6.99. The van der Waals surface area contributed by atoms with Gasteiger partial charge in [0.05, 0.1) is 11.7 Å². The van der Waals surface area contributed by atoms with Gasteiger partial charge in [0.1, 0.15) is 0 Å². The van der Waals surface area contributed by atoms with E-state index in [1.807, 2.05) is 0 Å². The summed E-state index contributed by atoms with van der Waals surface area (Å²) in [5.74, 6) is 0.651. The Bertz CT molecular complexity index is 404. The maximum absolute atomic E-state index is 4.86. The minimum Gasteiger partial charge on any atom is -0.316 e. The Labute approximate surface area is 124 Å². The molecule has 3 nitrogen and oxygen atoms in total. The third kappa shape index (κ3) is 3.63. The first-order chi connectivity index (χ1) is 9.55. The van der Waals surface area contributed by atoms with E-state index in [1.54, 1.807) is 0 Å². The van der Waals surface area contributed by atoms with E-state index < -0.39 is 0 Å². The number of hydrogen-bond donors (Lipinski definition) is 1. The molecule has 1 N–H and O–H groups in total. The van der Waals surface area contributed by atoms with Crippen molar-refractivity contribution in [2.45, 2.75) is 65.8 Å². The van der Waals surface area contributed by atoms with E-state index in [-0.39, 0.29) is 5.41 Å². The van der Waals surface area contributed by atoms with Gasteiger partial charge >= 0.3 is 0 Å². The van der Waals surface area contributed by atoms with Crippen molar-refractivity contribution in [3.63, 3.8) is 0 Å². The number of nitrogens with zero attached hydrogens (tertiary/aromatic N) is 2. The number of aromatic nitrogens is 2. The third-order valence-corrected chi connectivity index (χ3v) is 5.12. The predicted molar refractivity (Wildman–Crippen MR) is 84.9 cm³/mol. The van der Waals surface area contributed by atoms with Crippen LogP contribution in [0.15, 0.2) is 12.3 Å². The summed E-state index contributed by atoms with van der Waals surface area (Å²) in [7, 11) is 0. The maximum Gasteiger partial charge on any atom is 0.0630 e. The normalized spacial score (nSPS) is 19.6. The average Bonchev–Trinajstić information content (AvgIpc) is 3.06. The van der Waals surface area contributed by atoms with Gasteiger partial charge in [0.2, 0.25) is 0 Å². The molecule has 1 saturated carbocycles. The molecule has 0 saturated heterocycles. The van der Waals surface area contributed by atoms with Gasteiger partial charge in [0.25, 0.3) is 0 Å². The van der Waals surface area contributed by atoms with Crippen molar-refractivity contribution in [3.8, 4) is 0 Å². The summed E-state index contributed by atoms with van der Waals surface area (Å²) in [4.78, 5) is 0. The highest BCUT2D eigenvalue weighted by Crippen LogP contribution is 2.32. The van der Waals surface area contributed by atoms with Crippen LogP contribution in [0.1, 0.15) is 65.1 Å². The van der Waals surface area contributed by atoms with Crippen molar-refractivity contribution in [2.24, 2.45) is 11.3 Å². The van der Waals surface area contributed by atoms with Crippen LogP contribution in [0.3, 0.4) is 0 Å².